The van der Waals surface area contributed by atoms with E-state index in [0.29, 0.717) is 39.3 Å². The summed E-state index contributed by atoms with van der Waals surface area (Å²) < 4.78 is 0. The Hall–Kier alpha value is -1.59. The highest BCUT2D eigenvalue weighted by molar-refractivity contribution is 5.82. The molecule has 1 saturated carbocycles. The van der Waals surface area contributed by atoms with E-state index < -0.39 is 0 Å². The maximum Gasteiger partial charge on any atom is 0.225 e. The van der Waals surface area contributed by atoms with Gasteiger partial charge < -0.3 is 14.7 Å². The number of hydrogen-bond donors (Lipinski definition) is 0. The third-order valence-electron chi connectivity index (χ3n) is 5.65. The molecule has 0 bridgehead atoms. The topological polar surface area (TPSA) is 60.9 Å². The fourth-order valence-electron chi connectivity index (χ4n) is 3.76. The summed E-state index contributed by atoms with van der Waals surface area (Å²) >= 11 is 0. The number of amides is 3. The lowest BCUT2D eigenvalue weighted by Crippen LogP contribution is -2.54. The number of hydrogen-bond acceptors (Lipinski definition) is 3. The number of nitrogens with zero attached hydrogens (tertiary/aromatic N) is 3. The van der Waals surface area contributed by atoms with Gasteiger partial charge in [-0.3, -0.25) is 14.4 Å². The van der Waals surface area contributed by atoms with E-state index in [1.807, 2.05) is 14.7 Å². The van der Waals surface area contributed by atoms with Crippen molar-refractivity contribution >= 4 is 17.7 Å². The zero-order valence-electron chi connectivity index (χ0n) is 14.0. The third-order valence-corrected chi connectivity index (χ3v) is 5.65. The zero-order chi connectivity index (χ0) is 16.4. The lowest BCUT2D eigenvalue weighted by Gasteiger charge is -2.40. The first-order valence-corrected chi connectivity index (χ1v) is 8.89. The molecule has 2 aliphatic heterocycles. The molecule has 0 atom stereocenters. The molecule has 0 aromatic rings. The van der Waals surface area contributed by atoms with Gasteiger partial charge in [0.1, 0.15) is 0 Å². The van der Waals surface area contributed by atoms with Crippen molar-refractivity contribution in [1.82, 2.24) is 14.7 Å². The maximum absolute atomic E-state index is 12.6. The van der Waals surface area contributed by atoms with Gasteiger partial charge in [-0.2, -0.15) is 0 Å². The molecule has 0 aromatic heterocycles. The summed E-state index contributed by atoms with van der Waals surface area (Å²) in [5, 5.41) is 0. The molecule has 3 amide bonds. The molecule has 2 saturated heterocycles. The maximum atomic E-state index is 12.6. The number of carbonyl (C=O) groups is 3. The first-order valence-electron chi connectivity index (χ1n) is 8.89. The minimum atomic E-state index is 0.0412. The SMILES string of the molecule is CC(=O)N1CCC(C(=O)N2CCN(C(=O)C3CCC3)CC2)CC1. The van der Waals surface area contributed by atoms with E-state index in [0.717, 1.165) is 25.7 Å². The highest BCUT2D eigenvalue weighted by Gasteiger charge is 2.34. The summed E-state index contributed by atoms with van der Waals surface area (Å²) in [5.41, 5.74) is 0. The summed E-state index contributed by atoms with van der Waals surface area (Å²) in [6, 6.07) is 0. The van der Waals surface area contributed by atoms with E-state index in [9.17, 15) is 14.4 Å². The summed E-state index contributed by atoms with van der Waals surface area (Å²) in [4.78, 5) is 41.9. The van der Waals surface area contributed by atoms with Crippen molar-refractivity contribution in [3.63, 3.8) is 0 Å². The van der Waals surface area contributed by atoms with Gasteiger partial charge in [0.15, 0.2) is 0 Å². The molecule has 128 valence electrons. The van der Waals surface area contributed by atoms with Gasteiger partial charge in [-0.05, 0) is 25.7 Å². The Labute approximate surface area is 137 Å². The Kier molecular flexibility index (Phi) is 4.87. The Bertz CT molecular complexity index is 473. The molecule has 3 aliphatic rings. The molecule has 2 heterocycles. The lowest BCUT2D eigenvalue weighted by atomic mass is 9.84. The fourth-order valence-corrected chi connectivity index (χ4v) is 3.76. The molecule has 1 aliphatic carbocycles. The largest absolute Gasteiger partial charge is 0.343 e. The van der Waals surface area contributed by atoms with E-state index in [-0.39, 0.29) is 29.6 Å². The number of carbonyl (C=O) groups excluding carboxylic acids is 3. The van der Waals surface area contributed by atoms with Crippen molar-refractivity contribution < 1.29 is 14.4 Å². The Balaban J connectivity index is 1.45. The van der Waals surface area contributed by atoms with Crippen LogP contribution in [0.5, 0.6) is 0 Å². The number of rotatable bonds is 2. The monoisotopic (exact) mass is 321 g/mol. The molecule has 0 aromatic carbocycles. The molecule has 6 nitrogen and oxygen atoms in total. The molecule has 3 rings (SSSR count). The normalized spacial score (nSPS) is 23.6. The van der Waals surface area contributed by atoms with Gasteiger partial charge in [-0.25, -0.2) is 0 Å². The molecule has 0 spiro atoms. The average Bonchev–Trinajstić information content (AvgIpc) is 2.53. The van der Waals surface area contributed by atoms with Crippen LogP contribution in [0.2, 0.25) is 0 Å². The summed E-state index contributed by atoms with van der Waals surface area (Å²) in [6.45, 7) is 5.62. The van der Waals surface area contributed by atoms with E-state index in [2.05, 4.69) is 0 Å². The number of piperidine rings is 1. The highest BCUT2D eigenvalue weighted by Crippen LogP contribution is 2.29. The molecule has 0 unspecified atom stereocenters. The van der Waals surface area contributed by atoms with E-state index in [4.69, 9.17) is 0 Å². The molecule has 0 N–H and O–H groups in total. The van der Waals surface area contributed by atoms with Gasteiger partial charge >= 0.3 is 0 Å². The van der Waals surface area contributed by atoms with Gasteiger partial charge in [-0.15, -0.1) is 0 Å². The van der Waals surface area contributed by atoms with Gasteiger partial charge in [0.25, 0.3) is 0 Å². The molecule has 23 heavy (non-hydrogen) atoms. The summed E-state index contributed by atoms with van der Waals surface area (Å²) in [6.07, 6.45) is 4.77. The van der Waals surface area contributed by atoms with Crippen LogP contribution in [-0.4, -0.2) is 71.7 Å². The summed E-state index contributed by atoms with van der Waals surface area (Å²) in [5.74, 6) is 0.883. The second-order valence-corrected chi connectivity index (χ2v) is 7.06. The van der Waals surface area contributed by atoms with E-state index >= 15 is 0 Å². The van der Waals surface area contributed by atoms with Crippen LogP contribution in [0.1, 0.15) is 39.0 Å². The van der Waals surface area contributed by atoms with Crippen LogP contribution in [0.15, 0.2) is 0 Å². The second kappa shape index (κ2) is 6.89. The average molecular weight is 321 g/mol. The van der Waals surface area contributed by atoms with E-state index in [1.54, 1.807) is 6.92 Å². The zero-order valence-corrected chi connectivity index (χ0v) is 14.0. The van der Waals surface area contributed by atoms with Crippen LogP contribution in [0.25, 0.3) is 0 Å². The second-order valence-electron chi connectivity index (χ2n) is 7.06. The van der Waals surface area contributed by atoms with Crippen molar-refractivity contribution in [2.45, 2.75) is 39.0 Å². The molecule has 6 heteroatoms. The van der Waals surface area contributed by atoms with Gasteiger partial charge in [0.05, 0.1) is 0 Å². The van der Waals surface area contributed by atoms with Gasteiger partial charge in [0, 0.05) is 58.0 Å². The van der Waals surface area contributed by atoms with Crippen molar-refractivity contribution in [2.75, 3.05) is 39.3 Å². The predicted molar refractivity (Wildman–Crippen MR) is 85.5 cm³/mol. The minimum Gasteiger partial charge on any atom is -0.343 e. The first-order chi connectivity index (χ1) is 11.1. The molecular formula is C17H27N3O3. The van der Waals surface area contributed by atoms with Crippen molar-refractivity contribution in [1.29, 1.82) is 0 Å². The number of piperazine rings is 1. The third kappa shape index (κ3) is 3.51. The van der Waals surface area contributed by atoms with Crippen LogP contribution in [0.3, 0.4) is 0 Å². The highest BCUT2D eigenvalue weighted by atomic mass is 16.2. The Morgan fingerprint density at radius 2 is 1.09 bits per heavy atom. The van der Waals surface area contributed by atoms with Crippen LogP contribution in [0, 0.1) is 11.8 Å². The van der Waals surface area contributed by atoms with Gasteiger partial charge in [-0.1, -0.05) is 6.42 Å². The first kappa shape index (κ1) is 16.3. The van der Waals surface area contributed by atoms with Crippen LogP contribution >= 0.6 is 0 Å². The lowest BCUT2D eigenvalue weighted by molar-refractivity contribution is -0.146. The Morgan fingerprint density at radius 1 is 0.652 bits per heavy atom. The van der Waals surface area contributed by atoms with Crippen LogP contribution in [0.4, 0.5) is 0 Å². The van der Waals surface area contributed by atoms with Crippen LogP contribution in [-0.2, 0) is 14.4 Å². The molecule has 0 radical (unpaired) electrons. The van der Waals surface area contributed by atoms with Gasteiger partial charge in [0.2, 0.25) is 17.7 Å². The number of likely N-dealkylation sites (tertiary alicyclic amines) is 1. The minimum absolute atomic E-state index is 0.0412. The smallest absolute Gasteiger partial charge is 0.225 e. The molecular weight excluding hydrogens is 294 g/mol. The predicted octanol–water partition coefficient (Wildman–Crippen LogP) is 0.716. The quantitative estimate of drug-likeness (QED) is 0.753. The van der Waals surface area contributed by atoms with Crippen molar-refractivity contribution in [3.05, 3.63) is 0 Å². The van der Waals surface area contributed by atoms with Crippen molar-refractivity contribution in [2.24, 2.45) is 11.8 Å². The fraction of sp³-hybridized carbons (Fsp3) is 0.824. The molecule has 3 fully saturated rings. The van der Waals surface area contributed by atoms with Crippen molar-refractivity contribution in [3.8, 4) is 0 Å². The standard InChI is InChI=1S/C17H27N3O3/c1-13(21)18-7-5-15(6-8-18)17(23)20-11-9-19(10-12-20)16(22)14-3-2-4-14/h14-15H,2-12H2,1H3. The Morgan fingerprint density at radius 3 is 1.43 bits per heavy atom. The van der Waals surface area contributed by atoms with E-state index in [1.165, 1.54) is 6.42 Å². The van der Waals surface area contributed by atoms with Crippen LogP contribution < -0.4 is 0 Å². The summed E-state index contributed by atoms with van der Waals surface area (Å²) in [7, 11) is 0.